The molecule has 0 aliphatic rings. The number of fused-ring (bicyclic) bond motifs is 1. The van der Waals surface area contributed by atoms with Crippen molar-refractivity contribution in [3.63, 3.8) is 0 Å². The molecule has 0 amide bonds. The highest BCUT2D eigenvalue weighted by atomic mass is 35.5. The van der Waals surface area contributed by atoms with Crippen molar-refractivity contribution in [3.8, 4) is 0 Å². The summed E-state index contributed by atoms with van der Waals surface area (Å²) in [4.78, 5) is 7.54. The molecule has 0 fully saturated rings. The van der Waals surface area contributed by atoms with Crippen molar-refractivity contribution in [1.82, 2.24) is 9.97 Å². The van der Waals surface area contributed by atoms with E-state index in [2.05, 4.69) is 9.97 Å². The quantitative estimate of drug-likeness (QED) is 0.490. The van der Waals surface area contributed by atoms with Crippen molar-refractivity contribution < 1.29 is 8.76 Å². The number of aromatic amines is 1. The van der Waals surface area contributed by atoms with Crippen LogP contribution in [0.5, 0.6) is 0 Å². The zero-order chi connectivity index (χ0) is 15.2. The van der Waals surface area contributed by atoms with Crippen molar-refractivity contribution in [2.45, 2.75) is 10.1 Å². The van der Waals surface area contributed by atoms with Crippen molar-refractivity contribution >= 4 is 45.7 Å². The third-order valence-corrected chi connectivity index (χ3v) is 3.77. The zero-order valence-electron chi connectivity index (χ0n) is 10.7. The summed E-state index contributed by atoms with van der Waals surface area (Å²) in [5, 5.41) is 6.23. The molecule has 0 aliphatic heterocycles. The summed E-state index contributed by atoms with van der Waals surface area (Å²) < 4.78 is 19.5. The first kappa shape index (κ1) is 16.0. The molecule has 3 aromatic rings. The van der Waals surface area contributed by atoms with E-state index in [-0.39, 0.29) is 5.16 Å². The number of hydrogen-bond acceptors (Lipinski definition) is 4. The molecule has 1 unspecified atom stereocenters. The second kappa shape index (κ2) is 7.58. The van der Waals surface area contributed by atoms with Gasteiger partial charge in [0.15, 0.2) is 0 Å². The monoisotopic (exact) mass is 341 g/mol. The standard InChI is InChI=1S/C7H7N3O2S2.C6H5Cl/c8-13-4-1-2-5-6(3-4)10-7(9-5)14(11)12;7-6-4-2-1-3-5-6/h1-3H,8H2,(H,9,10)(H,11,12);1-5H. The second-order valence-corrected chi connectivity index (χ2v) is 5.91. The van der Waals surface area contributed by atoms with Crippen LogP contribution in [0.3, 0.4) is 0 Å². The molecule has 1 heterocycles. The molecule has 3 rings (SSSR count). The fourth-order valence-corrected chi connectivity index (χ4v) is 2.39. The average molecular weight is 342 g/mol. The van der Waals surface area contributed by atoms with Gasteiger partial charge in [-0.05, 0) is 42.3 Å². The maximum Gasteiger partial charge on any atom is 0.225 e. The lowest BCUT2D eigenvalue weighted by Crippen LogP contribution is -1.89. The number of rotatable bonds is 2. The Kier molecular flexibility index (Phi) is 5.77. The van der Waals surface area contributed by atoms with E-state index in [1.165, 1.54) is 0 Å². The van der Waals surface area contributed by atoms with Crippen LogP contribution in [-0.2, 0) is 11.1 Å². The minimum atomic E-state index is -2.07. The number of nitrogens with zero attached hydrogens (tertiary/aromatic N) is 1. The molecule has 5 nitrogen and oxygen atoms in total. The molecule has 0 saturated carbocycles. The van der Waals surface area contributed by atoms with Crippen LogP contribution in [0.1, 0.15) is 0 Å². The van der Waals surface area contributed by atoms with Gasteiger partial charge in [0.2, 0.25) is 16.2 Å². The van der Waals surface area contributed by atoms with Crippen LogP contribution in [0.25, 0.3) is 11.0 Å². The summed E-state index contributed by atoms with van der Waals surface area (Å²) in [6.45, 7) is 0. The summed E-state index contributed by atoms with van der Waals surface area (Å²) in [5.41, 5.74) is 1.36. The molecule has 0 saturated heterocycles. The highest BCUT2D eigenvalue weighted by Crippen LogP contribution is 2.19. The Morgan fingerprint density at radius 2 is 1.95 bits per heavy atom. The van der Waals surface area contributed by atoms with Crippen molar-refractivity contribution in [2.24, 2.45) is 5.14 Å². The average Bonchev–Trinajstić information content (AvgIpc) is 2.92. The highest BCUT2D eigenvalue weighted by Gasteiger charge is 2.07. The summed E-state index contributed by atoms with van der Waals surface area (Å²) in [5.74, 6) is 0. The number of nitrogens with one attached hydrogen (secondary N) is 1. The van der Waals surface area contributed by atoms with Gasteiger partial charge in [-0.15, -0.1) is 0 Å². The molecule has 0 aliphatic carbocycles. The first-order valence-corrected chi connectivity index (χ1v) is 8.14. The fourth-order valence-electron chi connectivity index (χ4n) is 1.54. The van der Waals surface area contributed by atoms with Crippen molar-refractivity contribution in [3.05, 3.63) is 53.6 Å². The smallest absolute Gasteiger partial charge is 0.225 e. The van der Waals surface area contributed by atoms with Crippen LogP contribution < -0.4 is 5.14 Å². The molecule has 0 spiro atoms. The predicted molar refractivity (Wildman–Crippen MR) is 86.6 cm³/mol. The summed E-state index contributed by atoms with van der Waals surface area (Å²) in [6.07, 6.45) is 0. The number of imidazole rings is 1. The van der Waals surface area contributed by atoms with Gasteiger partial charge in [0, 0.05) is 9.92 Å². The minimum Gasteiger partial charge on any atom is -0.329 e. The largest absolute Gasteiger partial charge is 0.329 e. The minimum absolute atomic E-state index is 0.0548. The van der Waals surface area contributed by atoms with E-state index in [0.29, 0.717) is 11.0 Å². The molecule has 21 heavy (non-hydrogen) atoms. The molecule has 1 aromatic heterocycles. The molecule has 4 N–H and O–H groups in total. The molecule has 1 atom stereocenters. The first-order valence-electron chi connectivity index (χ1n) is 5.78. The van der Waals surface area contributed by atoms with Gasteiger partial charge in [-0.1, -0.05) is 29.8 Å². The number of H-pyrrole nitrogens is 1. The van der Waals surface area contributed by atoms with Crippen LogP contribution in [0, 0.1) is 0 Å². The van der Waals surface area contributed by atoms with E-state index in [4.69, 9.17) is 21.3 Å². The van der Waals surface area contributed by atoms with Gasteiger partial charge in [0.05, 0.1) is 11.0 Å². The van der Waals surface area contributed by atoms with Crippen LogP contribution in [0.2, 0.25) is 5.02 Å². The Bertz CT molecular complexity index is 750. The van der Waals surface area contributed by atoms with E-state index in [1.54, 1.807) is 18.2 Å². The number of nitrogens with two attached hydrogens (primary N) is 1. The lowest BCUT2D eigenvalue weighted by Gasteiger charge is -1.92. The number of benzene rings is 2. The molecular weight excluding hydrogens is 330 g/mol. The maximum atomic E-state index is 10.7. The normalized spacial score (nSPS) is 11.8. The first-order chi connectivity index (χ1) is 10.1. The van der Waals surface area contributed by atoms with Gasteiger partial charge in [0.25, 0.3) is 0 Å². The summed E-state index contributed by atoms with van der Waals surface area (Å²) >= 11 is 4.58. The number of halogens is 1. The van der Waals surface area contributed by atoms with Crippen LogP contribution in [-0.4, -0.2) is 18.7 Å². The van der Waals surface area contributed by atoms with Crippen molar-refractivity contribution in [1.29, 1.82) is 0 Å². The second-order valence-electron chi connectivity index (χ2n) is 3.88. The van der Waals surface area contributed by atoms with Gasteiger partial charge in [-0.2, -0.15) is 0 Å². The third kappa shape index (κ3) is 4.55. The van der Waals surface area contributed by atoms with E-state index in [0.717, 1.165) is 21.9 Å². The van der Waals surface area contributed by atoms with Gasteiger partial charge < -0.3 is 4.98 Å². The Hall–Kier alpha value is -1.38. The van der Waals surface area contributed by atoms with Gasteiger partial charge >= 0.3 is 0 Å². The third-order valence-electron chi connectivity index (χ3n) is 2.47. The number of hydrogen-bond donors (Lipinski definition) is 3. The van der Waals surface area contributed by atoms with Crippen LogP contribution in [0.4, 0.5) is 0 Å². The molecular formula is C13H12ClN3O2S2. The fraction of sp³-hybridized carbons (Fsp3) is 0. The molecule has 8 heteroatoms. The van der Waals surface area contributed by atoms with E-state index < -0.39 is 11.1 Å². The summed E-state index contributed by atoms with van der Waals surface area (Å²) in [7, 11) is 0. The van der Waals surface area contributed by atoms with E-state index >= 15 is 0 Å². The maximum absolute atomic E-state index is 10.7. The topological polar surface area (TPSA) is 92.0 Å². The van der Waals surface area contributed by atoms with Gasteiger partial charge in [-0.3, -0.25) is 9.69 Å². The molecule has 110 valence electrons. The highest BCUT2D eigenvalue weighted by molar-refractivity contribution is 7.97. The molecule has 0 radical (unpaired) electrons. The van der Waals surface area contributed by atoms with E-state index in [9.17, 15) is 4.21 Å². The molecule has 2 aromatic carbocycles. The Morgan fingerprint density at radius 3 is 2.48 bits per heavy atom. The predicted octanol–water partition coefficient (Wildman–Crippen LogP) is 3.45. The van der Waals surface area contributed by atoms with Crippen LogP contribution in [0.15, 0.2) is 58.6 Å². The lowest BCUT2D eigenvalue weighted by atomic mass is 10.3. The molecule has 0 bridgehead atoms. The Morgan fingerprint density at radius 1 is 1.24 bits per heavy atom. The number of aromatic nitrogens is 2. The van der Waals surface area contributed by atoms with E-state index in [1.807, 2.05) is 30.3 Å². The van der Waals surface area contributed by atoms with Gasteiger partial charge in [0.1, 0.15) is 0 Å². The van der Waals surface area contributed by atoms with Crippen LogP contribution >= 0.6 is 23.5 Å². The summed E-state index contributed by atoms with van der Waals surface area (Å²) in [6, 6.07) is 14.8. The Balaban J connectivity index is 0.000000194. The zero-order valence-corrected chi connectivity index (χ0v) is 13.1. The van der Waals surface area contributed by atoms with Gasteiger partial charge in [-0.25, -0.2) is 9.19 Å². The van der Waals surface area contributed by atoms with Crippen molar-refractivity contribution in [2.75, 3.05) is 0 Å². The SMILES string of the molecule is Clc1ccccc1.NSc1ccc2nc(S(=O)O)[nH]c2c1. The Labute approximate surface area is 133 Å². The lowest BCUT2D eigenvalue weighted by molar-refractivity contribution is 0.557.